The third-order valence-corrected chi connectivity index (χ3v) is 5.72. The van der Waals surface area contributed by atoms with Crippen LogP contribution >= 0.6 is 0 Å². The first-order valence-electron chi connectivity index (χ1n) is 7.41. The van der Waals surface area contributed by atoms with Crippen LogP contribution in [0.5, 0.6) is 0 Å². The van der Waals surface area contributed by atoms with Crippen LogP contribution in [0.1, 0.15) is 24.6 Å². The predicted octanol–water partition coefficient (Wildman–Crippen LogP) is 0.154. The lowest BCUT2D eigenvalue weighted by Gasteiger charge is -2.33. The molecule has 0 radical (unpaired) electrons. The molecule has 1 aromatic heterocycles. The highest BCUT2D eigenvalue weighted by Crippen LogP contribution is 2.21. The van der Waals surface area contributed by atoms with Crippen LogP contribution in [0.4, 0.5) is 0 Å². The van der Waals surface area contributed by atoms with E-state index in [0.717, 1.165) is 37.3 Å². The van der Waals surface area contributed by atoms with Gasteiger partial charge in [0.05, 0.1) is 0 Å². The molecule has 0 bridgehead atoms. The van der Waals surface area contributed by atoms with Gasteiger partial charge in [-0.1, -0.05) is 6.92 Å². The number of aromatic nitrogens is 2. The minimum absolute atomic E-state index is 0.165. The van der Waals surface area contributed by atoms with Gasteiger partial charge in [-0.05, 0) is 26.9 Å². The molecule has 0 unspecified atom stereocenters. The molecule has 1 aliphatic rings. The van der Waals surface area contributed by atoms with Gasteiger partial charge in [0, 0.05) is 44.0 Å². The zero-order valence-electron chi connectivity index (χ0n) is 13.0. The molecule has 1 fully saturated rings. The van der Waals surface area contributed by atoms with E-state index < -0.39 is 10.0 Å². The standard InChI is InChI=1S/C13H25N5O2S/c1-4-5-17-6-8-18(9-7-17)21(19,20)13-12(10-14-3)11(2)15-16-13/h14H,4-10H2,1-3H3,(H,15,16). The molecule has 0 atom stereocenters. The fraction of sp³-hybridized carbons (Fsp3) is 0.769. The monoisotopic (exact) mass is 315 g/mol. The first kappa shape index (κ1) is 16.4. The summed E-state index contributed by atoms with van der Waals surface area (Å²) in [5, 5.41) is 9.98. The Hall–Kier alpha value is -0.960. The van der Waals surface area contributed by atoms with Crippen molar-refractivity contribution in [3.05, 3.63) is 11.3 Å². The highest BCUT2D eigenvalue weighted by atomic mass is 32.2. The second-order valence-corrected chi connectivity index (χ2v) is 7.26. The van der Waals surface area contributed by atoms with Gasteiger partial charge in [-0.15, -0.1) is 0 Å². The zero-order valence-corrected chi connectivity index (χ0v) is 13.8. The molecular weight excluding hydrogens is 290 g/mol. The van der Waals surface area contributed by atoms with Crippen molar-refractivity contribution in [2.75, 3.05) is 39.8 Å². The normalized spacial score (nSPS) is 18.2. The molecule has 1 aliphatic heterocycles. The largest absolute Gasteiger partial charge is 0.316 e. The second-order valence-electron chi connectivity index (χ2n) is 5.41. The van der Waals surface area contributed by atoms with Crippen molar-refractivity contribution >= 4 is 10.0 Å². The summed E-state index contributed by atoms with van der Waals surface area (Å²) in [6, 6.07) is 0. The van der Waals surface area contributed by atoms with Gasteiger partial charge in [0.2, 0.25) is 0 Å². The Morgan fingerprint density at radius 1 is 1.29 bits per heavy atom. The molecular formula is C13H25N5O2S. The van der Waals surface area contributed by atoms with Crippen molar-refractivity contribution in [1.82, 2.24) is 24.7 Å². The number of sulfonamides is 1. The van der Waals surface area contributed by atoms with Crippen LogP contribution in [-0.4, -0.2) is 67.6 Å². The Morgan fingerprint density at radius 2 is 1.95 bits per heavy atom. The maximum atomic E-state index is 12.8. The van der Waals surface area contributed by atoms with Crippen molar-refractivity contribution in [1.29, 1.82) is 0 Å². The Morgan fingerprint density at radius 3 is 2.52 bits per heavy atom. The molecule has 8 heteroatoms. The summed E-state index contributed by atoms with van der Waals surface area (Å²) in [7, 11) is -1.71. The molecule has 2 heterocycles. The number of H-pyrrole nitrogens is 1. The summed E-state index contributed by atoms with van der Waals surface area (Å²) >= 11 is 0. The van der Waals surface area contributed by atoms with E-state index >= 15 is 0 Å². The van der Waals surface area contributed by atoms with E-state index in [-0.39, 0.29) is 5.03 Å². The fourth-order valence-corrected chi connectivity index (χ4v) is 4.25. The van der Waals surface area contributed by atoms with Gasteiger partial charge >= 0.3 is 0 Å². The lowest BCUT2D eigenvalue weighted by molar-refractivity contribution is 0.188. The number of aromatic amines is 1. The van der Waals surface area contributed by atoms with Crippen LogP contribution in [-0.2, 0) is 16.6 Å². The van der Waals surface area contributed by atoms with Crippen molar-refractivity contribution in [2.45, 2.75) is 31.8 Å². The Kier molecular flexibility index (Phi) is 5.37. The van der Waals surface area contributed by atoms with Gasteiger partial charge in [0.15, 0.2) is 5.03 Å². The summed E-state index contributed by atoms with van der Waals surface area (Å²) in [6.45, 7) is 8.15. The molecule has 2 rings (SSSR count). The summed E-state index contributed by atoms with van der Waals surface area (Å²) in [5.74, 6) is 0. The van der Waals surface area contributed by atoms with E-state index in [1.165, 1.54) is 0 Å². The molecule has 7 nitrogen and oxygen atoms in total. The summed E-state index contributed by atoms with van der Waals surface area (Å²) < 4.78 is 27.1. The quantitative estimate of drug-likeness (QED) is 0.781. The molecule has 1 aromatic rings. The van der Waals surface area contributed by atoms with E-state index in [9.17, 15) is 8.42 Å². The van der Waals surface area contributed by atoms with Gasteiger partial charge in [-0.3, -0.25) is 5.10 Å². The molecule has 0 amide bonds. The number of rotatable bonds is 6. The highest BCUT2D eigenvalue weighted by Gasteiger charge is 2.32. The lowest BCUT2D eigenvalue weighted by atomic mass is 10.3. The number of hydrogen-bond acceptors (Lipinski definition) is 5. The molecule has 1 saturated heterocycles. The maximum Gasteiger partial charge on any atom is 0.262 e. The van der Waals surface area contributed by atoms with Gasteiger partial charge in [-0.25, -0.2) is 8.42 Å². The van der Waals surface area contributed by atoms with Gasteiger partial charge in [-0.2, -0.15) is 9.40 Å². The Balaban J connectivity index is 2.16. The number of nitrogens with zero attached hydrogens (tertiary/aromatic N) is 3. The number of aryl methyl sites for hydroxylation is 1. The highest BCUT2D eigenvalue weighted by molar-refractivity contribution is 7.89. The molecule has 21 heavy (non-hydrogen) atoms. The minimum atomic E-state index is -3.51. The fourth-order valence-electron chi connectivity index (χ4n) is 2.66. The summed E-state index contributed by atoms with van der Waals surface area (Å²) in [4.78, 5) is 2.30. The zero-order chi connectivity index (χ0) is 15.5. The molecule has 0 aliphatic carbocycles. The first-order valence-corrected chi connectivity index (χ1v) is 8.85. The topological polar surface area (TPSA) is 81.3 Å². The second kappa shape index (κ2) is 6.87. The van der Waals surface area contributed by atoms with E-state index in [1.807, 2.05) is 6.92 Å². The number of piperazine rings is 1. The minimum Gasteiger partial charge on any atom is -0.316 e. The van der Waals surface area contributed by atoms with Gasteiger partial charge < -0.3 is 10.2 Å². The average Bonchev–Trinajstić information content (AvgIpc) is 2.82. The van der Waals surface area contributed by atoms with Gasteiger partial charge in [0.1, 0.15) is 0 Å². The van der Waals surface area contributed by atoms with Crippen molar-refractivity contribution in [2.24, 2.45) is 0 Å². The molecule has 0 aromatic carbocycles. The van der Waals surface area contributed by atoms with Crippen LogP contribution in [0.2, 0.25) is 0 Å². The molecule has 0 saturated carbocycles. The van der Waals surface area contributed by atoms with Crippen molar-refractivity contribution in [3.8, 4) is 0 Å². The SMILES string of the molecule is CCCN1CCN(S(=O)(=O)c2n[nH]c(C)c2CNC)CC1. The number of nitrogens with one attached hydrogen (secondary N) is 2. The van der Waals surface area contributed by atoms with Crippen LogP contribution < -0.4 is 5.32 Å². The van der Waals surface area contributed by atoms with Crippen molar-refractivity contribution in [3.63, 3.8) is 0 Å². The van der Waals surface area contributed by atoms with Crippen molar-refractivity contribution < 1.29 is 8.42 Å². The van der Waals surface area contributed by atoms with Gasteiger partial charge in [0.25, 0.3) is 10.0 Å². The van der Waals surface area contributed by atoms with Crippen LogP contribution in [0, 0.1) is 6.92 Å². The van der Waals surface area contributed by atoms with Crippen LogP contribution in [0.25, 0.3) is 0 Å². The average molecular weight is 315 g/mol. The molecule has 120 valence electrons. The van der Waals surface area contributed by atoms with E-state index in [2.05, 4.69) is 27.3 Å². The Labute approximate surface area is 126 Å². The lowest BCUT2D eigenvalue weighted by Crippen LogP contribution is -2.48. The van der Waals surface area contributed by atoms with E-state index in [0.29, 0.717) is 19.6 Å². The first-order chi connectivity index (χ1) is 10.0. The third kappa shape index (κ3) is 3.45. The maximum absolute atomic E-state index is 12.8. The van der Waals surface area contributed by atoms with E-state index in [1.54, 1.807) is 11.4 Å². The molecule has 0 spiro atoms. The van der Waals surface area contributed by atoms with Crippen LogP contribution in [0.3, 0.4) is 0 Å². The van der Waals surface area contributed by atoms with Crippen LogP contribution in [0.15, 0.2) is 5.03 Å². The Bertz CT molecular complexity index is 561. The number of hydrogen-bond donors (Lipinski definition) is 2. The smallest absolute Gasteiger partial charge is 0.262 e. The summed E-state index contributed by atoms with van der Waals surface area (Å²) in [5.41, 5.74) is 1.53. The summed E-state index contributed by atoms with van der Waals surface area (Å²) in [6.07, 6.45) is 1.09. The molecule has 2 N–H and O–H groups in total. The predicted molar refractivity (Wildman–Crippen MR) is 81.6 cm³/mol. The van der Waals surface area contributed by atoms with E-state index in [4.69, 9.17) is 0 Å². The third-order valence-electron chi connectivity index (χ3n) is 3.84.